The maximum Gasteiger partial charge on any atom is 0.270 e. The molecule has 0 aliphatic rings. The second kappa shape index (κ2) is 11.8. The average molecular weight is 440 g/mol. The number of nitro groups is 1. The summed E-state index contributed by atoms with van der Waals surface area (Å²) in [6.45, 7) is 12.2. The van der Waals surface area contributed by atoms with Crippen molar-refractivity contribution in [2.24, 2.45) is 16.9 Å². The van der Waals surface area contributed by atoms with Crippen LogP contribution in [0.5, 0.6) is 0 Å². The summed E-state index contributed by atoms with van der Waals surface area (Å²) in [5.74, 6) is 0.526. The van der Waals surface area contributed by atoms with Gasteiger partial charge in [0.05, 0.1) is 17.7 Å². The molecule has 8 heteroatoms. The number of benzene rings is 2. The molecule has 32 heavy (non-hydrogen) atoms. The number of hydrogen-bond acceptors (Lipinski definition) is 6. The van der Waals surface area contributed by atoms with Crippen LogP contribution in [0.1, 0.15) is 38.8 Å². The van der Waals surface area contributed by atoms with E-state index < -0.39 is 4.92 Å². The number of hydrogen-bond donors (Lipinski definition) is 2. The molecule has 1 amide bonds. The largest absolute Gasteiger partial charge is 0.376 e. The number of nitrogens with one attached hydrogen (secondary N) is 2. The van der Waals surface area contributed by atoms with Gasteiger partial charge in [0.2, 0.25) is 0 Å². The lowest BCUT2D eigenvalue weighted by Gasteiger charge is -2.29. The molecule has 0 spiro atoms. The van der Waals surface area contributed by atoms with Crippen molar-refractivity contribution in [1.29, 1.82) is 0 Å². The summed E-state index contributed by atoms with van der Waals surface area (Å²) in [4.78, 5) is 25.2. The van der Waals surface area contributed by atoms with Crippen molar-refractivity contribution in [3.63, 3.8) is 0 Å². The van der Waals surface area contributed by atoms with Crippen LogP contribution in [0.2, 0.25) is 0 Å². The number of carbonyl (C=O) groups is 1. The molecule has 0 bridgehead atoms. The number of non-ortho nitro benzene ring substituents is 1. The third-order valence-corrected chi connectivity index (χ3v) is 4.63. The number of nitro benzene ring substituents is 1. The van der Waals surface area contributed by atoms with E-state index in [-0.39, 0.29) is 18.1 Å². The van der Waals surface area contributed by atoms with Gasteiger partial charge in [0.15, 0.2) is 0 Å². The molecule has 0 radical (unpaired) electrons. The van der Waals surface area contributed by atoms with Gasteiger partial charge in [0.1, 0.15) is 0 Å². The van der Waals surface area contributed by atoms with E-state index in [1.165, 1.54) is 18.3 Å². The van der Waals surface area contributed by atoms with Gasteiger partial charge >= 0.3 is 0 Å². The second-order valence-electron chi connectivity index (χ2n) is 8.71. The number of nitrogens with zero attached hydrogens (tertiary/aromatic N) is 3. The van der Waals surface area contributed by atoms with Crippen LogP contribution >= 0.6 is 0 Å². The van der Waals surface area contributed by atoms with Crippen LogP contribution in [0.3, 0.4) is 0 Å². The van der Waals surface area contributed by atoms with Crippen molar-refractivity contribution in [2.75, 3.05) is 29.9 Å². The summed E-state index contributed by atoms with van der Waals surface area (Å²) >= 11 is 0. The number of hydrazone groups is 1. The minimum absolute atomic E-state index is 0.0170. The molecule has 8 nitrogen and oxygen atoms in total. The number of anilines is 2. The van der Waals surface area contributed by atoms with Crippen LogP contribution < -0.4 is 15.6 Å². The highest BCUT2D eigenvalue weighted by atomic mass is 16.6. The Morgan fingerprint density at radius 2 is 1.72 bits per heavy atom. The fraction of sp³-hybridized carbons (Fsp3) is 0.417. The Balaban J connectivity index is 2.15. The smallest absolute Gasteiger partial charge is 0.270 e. The van der Waals surface area contributed by atoms with Gasteiger partial charge in [-0.15, -0.1) is 0 Å². The summed E-state index contributed by atoms with van der Waals surface area (Å²) in [6.07, 6.45) is 1.47. The van der Waals surface area contributed by atoms with Crippen molar-refractivity contribution in [3.05, 3.63) is 63.7 Å². The van der Waals surface area contributed by atoms with Crippen LogP contribution in [0.25, 0.3) is 0 Å². The Hall–Kier alpha value is -3.42. The van der Waals surface area contributed by atoms with E-state index in [2.05, 4.69) is 48.4 Å². The van der Waals surface area contributed by atoms with Crippen molar-refractivity contribution >= 4 is 29.2 Å². The molecule has 0 saturated carbocycles. The molecule has 0 atom stereocenters. The second-order valence-corrected chi connectivity index (χ2v) is 8.71. The molecule has 0 heterocycles. The first-order chi connectivity index (χ1) is 15.2. The lowest BCUT2D eigenvalue weighted by Crippen LogP contribution is -2.32. The van der Waals surface area contributed by atoms with E-state index in [1.807, 2.05) is 31.2 Å². The zero-order valence-corrected chi connectivity index (χ0v) is 19.5. The third-order valence-electron chi connectivity index (χ3n) is 4.63. The minimum Gasteiger partial charge on any atom is -0.376 e. The average Bonchev–Trinajstić information content (AvgIpc) is 2.72. The van der Waals surface area contributed by atoms with E-state index in [1.54, 1.807) is 6.07 Å². The predicted molar refractivity (Wildman–Crippen MR) is 130 cm³/mol. The Morgan fingerprint density at radius 3 is 2.28 bits per heavy atom. The number of carbonyl (C=O) groups excluding carboxylic acids is 1. The van der Waals surface area contributed by atoms with Crippen LogP contribution in [0.15, 0.2) is 47.6 Å². The molecule has 2 N–H and O–H groups in total. The molecule has 0 aromatic heterocycles. The topological polar surface area (TPSA) is 99.9 Å². The molecular weight excluding hydrogens is 406 g/mol. The van der Waals surface area contributed by atoms with Crippen LogP contribution in [-0.2, 0) is 4.79 Å². The zero-order valence-electron chi connectivity index (χ0n) is 19.5. The van der Waals surface area contributed by atoms with Crippen LogP contribution in [0.4, 0.5) is 17.1 Å². The molecule has 0 fully saturated rings. The van der Waals surface area contributed by atoms with E-state index in [0.717, 1.165) is 30.0 Å². The molecule has 0 aliphatic heterocycles. The summed E-state index contributed by atoms with van der Waals surface area (Å²) in [5, 5.41) is 18.4. The maximum absolute atomic E-state index is 12.2. The molecular formula is C24H33N5O3. The highest BCUT2D eigenvalue weighted by Gasteiger charge is 2.17. The zero-order chi connectivity index (χ0) is 23.7. The van der Waals surface area contributed by atoms with Crippen molar-refractivity contribution in [2.45, 2.75) is 34.6 Å². The lowest BCUT2D eigenvalue weighted by molar-refractivity contribution is -0.384. The number of rotatable bonds is 11. The predicted octanol–water partition coefficient (Wildman–Crippen LogP) is 4.58. The third kappa shape index (κ3) is 8.02. The normalized spacial score (nSPS) is 11.2. The first-order valence-corrected chi connectivity index (χ1v) is 10.8. The first kappa shape index (κ1) is 24.8. The number of amides is 1. The summed E-state index contributed by atoms with van der Waals surface area (Å²) in [5.41, 5.74) is 5.90. The van der Waals surface area contributed by atoms with Crippen molar-refractivity contribution < 1.29 is 9.72 Å². The van der Waals surface area contributed by atoms with Gasteiger partial charge in [0, 0.05) is 42.2 Å². The Labute approximate surface area is 189 Å². The fourth-order valence-electron chi connectivity index (χ4n) is 3.27. The lowest BCUT2D eigenvalue weighted by atomic mass is 10.1. The molecule has 2 aromatic carbocycles. The molecule has 0 saturated heterocycles. The van der Waals surface area contributed by atoms with E-state index in [9.17, 15) is 14.9 Å². The van der Waals surface area contributed by atoms with E-state index in [0.29, 0.717) is 17.4 Å². The highest BCUT2D eigenvalue weighted by Crippen LogP contribution is 2.26. The van der Waals surface area contributed by atoms with Gasteiger partial charge in [0.25, 0.3) is 11.6 Å². The van der Waals surface area contributed by atoms with Crippen molar-refractivity contribution in [3.8, 4) is 0 Å². The number of aryl methyl sites for hydroxylation is 1. The fourth-order valence-corrected chi connectivity index (χ4v) is 3.27. The summed E-state index contributed by atoms with van der Waals surface area (Å²) in [6, 6.07) is 12.5. The Morgan fingerprint density at radius 1 is 1.09 bits per heavy atom. The Kier molecular flexibility index (Phi) is 9.19. The van der Waals surface area contributed by atoms with Gasteiger partial charge in [-0.2, -0.15) is 5.10 Å². The minimum atomic E-state index is -0.430. The summed E-state index contributed by atoms with van der Waals surface area (Å²) in [7, 11) is 0. The quantitative estimate of drug-likeness (QED) is 0.303. The van der Waals surface area contributed by atoms with Gasteiger partial charge in [-0.1, -0.05) is 45.4 Å². The van der Waals surface area contributed by atoms with Gasteiger partial charge in [-0.25, -0.2) is 5.43 Å². The maximum atomic E-state index is 12.2. The van der Waals surface area contributed by atoms with Gasteiger partial charge in [-0.05, 0) is 37.0 Å². The van der Waals surface area contributed by atoms with Crippen LogP contribution in [-0.4, -0.2) is 36.7 Å². The standard InChI is InChI=1S/C24H33N5O3/c1-17(2)15-28(16-18(3)4)23-11-10-22(29(31)32)12-20(23)13-26-27-24(30)14-25-21-8-6-19(5)7-9-21/h6-13,17-18,25H,14-16H2,1-5H3,(H,27,30)/b26-13+. The van der Waals surface area contributed by atoms with Gasteiger partial charge in [-0.3, -0.25) is 14.9 Å². The monoisotopic (exact) mass is 439 g/mol. The molecule has 172 valence electrons. The first-order valence-electron chi connectivity index (χ1n) is 10.8. The Bertz CT molecular complexity index is 929. The van der Waals surface area contributed by atoms with E-state index in [4.69, 9.17) is 0 Å². The van der Waals surface area contributed by atoms with Crippen molar-refractivity contribution in [1.82, 2.24) is 5.43 Å². The van der Waals surface area contributed by atoms with Crippen LogP contribution in [0, 0.1) is 28.9 Å². The molecule has 2 aromatic rings. The highest BCUT2D eigenvalue weighted by molar-refractivity contribution is 5.90. The summed E-state index contributed by atoms with van der Waals surface area (Å²) < 4.78 is 0. The van der Waals surface area contributed by atoms with Gasteiger partial charge < -0.3 is 10.2 Å². The molecule has 2 rings (SSSR count). The molecule has 0 aliphatic carbocycles. The molecule has 0 unspecified atom stereocenters. The SMILES string of the molecule is Cc1ccc(NCC(=O)N/N=C/c2cc([N+](=O)[O-])ccc2N(CC(C)C)CC(C)C)cc1. The van der Waals surface area contributed by atoms with E-state index >= 15 is 0 Å².